The molecule has 0 saturated carbocycles. The zero-order valence-corrected chi connectivity index (χ0v) is 57.7. The fourth-order valence-corrected chi connectivity index (χ4v) is 1.83. The molecule has 2 aromatic carbocycles. The van der Waals surface area contributed by atoms with Crippen LogP contribution in [0.15, 0.2) is 58.5 Å². The second-order valence-corrected chi connectivity index (χ2v) is 21.3. The van der Waals surface area contributed by atoms with Gasteiger partial charge in [0, 0.05) is 107 Å². The smallest absolute Gasteiger partial charge is 0.872 e. The van der Waals surface area contributed by atoms with E-state index in [4.69, 9.17) is 40.9 Å². The van der Waals surface area contributed by atoms with Crippen LogP contribution in [0.1, 0.15) is 136 Å². The fraction of sp³-hybridized carbons (Fsp3) is 0.600. The van der Waals surface area contributed by atoms with Crippen LogP contribution in [0.25, 0.3) is 0 Å². The van der Waals surface area contributed by atoms with Crippen LogP contribution in [0.4, 0.5) is 0 Å². The van der Waals surface area contributed by atoms with Gasteiger partial charge in [-0.25, -0.2) is 0 Å². The Morgan fingerprint density at radius 2 is 0.545 bits per heavy atom. The first-order valence-electron chi connectivity index (χ1n) is 22.6. The maximum Gasteiger partial charge on any atom is 3.00 e. The SMILES string of the molecule is CC(C)(C)C(=O)[O-].CC(C)(C)C(=O)[O-].CC(C)(C)C(=O)[O-].CC(C)(C)C(=O)[O-].CC(C)(C)C(=O)[O-].CC(C)(C)C(=O)[O-].O=[N+]([O-])[O-].O=[N+]([O-])[O-].[Co+2].[Co+2].[Co+2].[Co+2].[Co+3].[Co+3].[O-]c1ccccc1C=NC[C@@H]([O-])CO.[O-]c1ccccc1C=NC[C@H]([O-])CO.[OH-].[OH-].[OH3+].[OH3+]. The number of para-hydroxylation sites is 2. The van der Waals surface area contributed by atoms with E-state index < -0.39 is 104 Å². The van der Waals surface area contributed by atoms with E-state index in [1.165, 1.54) is 24.6 Å². The number of rotatable bonds is 8. The van der Waals surface area contributed by atoms with Gasteiger partial charge in [-0.3, -0.25) is 9.98 Å². The number of aliphatic hydroxyl groups is 2. The number of aliphatic hydroxyl groups excluding tert-OH is 2. The minimum atomic E-state index is -1.75. The summed E-state index contributed by atoms with van der Waals surface area (Å²) in [5, 5.41) is 150. The third-order valence-electron chi connectivity index (χ3n) is 7.00. The maximum absolute atomic E-state index is 11.1. The Hall–Kier alpha value is -4.68. The molecule has 2 aromatic rings. The van der Waals surface area contributed by atoms with E-state index in [2.05, 4.69) is 9.98 Å². The summed E-state index contributed by atoms with van der Waals surface area (Å²) in [5.41, 5.74) is -3.25. The van der Waals surface area contributed by atoms with E-state index in [0.29, 0.717) is 11.1 Å². The maximum atomic E-state index is 11.1. The standard InChI is InChI=1S/2C10H12NO3.6C5H10O2.6Co.2NO3.4H2O/c2*12-7-9(13)6-11-5-8-3-1-2-4-10(8)14;6*1-5(2,3)4(6)7;;;;;;;2*2-1(3)4;;;;/h2*1-5,9,12,14H,6-7H2;6*1-3H3,(H,6,7);;;;;;;;;4*1H2/q2*-1;;;;;;;4*+2;2*+3;2*-1;;;;/p-8/t2*9-;;;;;;;;;;;;;;;;;;/m10................../s1. The zero-order chi connectivity index (χ0) is 64.4. The molecule has 0 aliphatic rings. The molecule has 4 radical (unpaired) electrons. The third-order valence-corrected chi connectivity index (χ3v) is 7.00. The van der Waals surface area contributed by atoms with Crippen LogP contribution in [-0.4, -0.2) is 118 Å². The zero-order valence-electron chi connectivity index (χ0n) is 51.5. The number of hydrogen-bond acceptors (Lipinski definition) is 28. The van der Waals surface area contributed by atoms with Crippen LogP contribution in [0, 0.1) is 63.1 Å². The van der Waals surface area contributed by atoms with Crippen molar-refractivity contribution >= 4 is 48.2 Å². The minimum Gasteiger partial charge on any atom is -0.872 e. The molecule has 0 amide bonds. The van der Waals surface area contributed by atoms with E-state index in [0.717, 1.165) is 0 Å². The fourth-order valence-electron chi connectivity index (χ4n) is 1.83. The topological polar surface area (TPSA) is 657 Å². The van der Waals surface area contributed by atoms with E-state index in [9.17, 15) is 79.8 Å². The molecule has 524 valence electrons. The summed E-state index contributed by atoms with van der Waals surface area (Å²) >= 11 is 0. The molecular weight excluding hydrogens is 1460 g/mol. The van der Waals surface area contributed by atoms with Crippen LogP contribution < -0.4 is 51.1 Å². The Morgan fingerprint density at radius 3 is 0.648 bits per heavy atom. The van der Waals surface area contributed by atoms with Crippen molar-refractivity contribution in [3.8, 4) is 11.5 Å². The van der Waals surface area contributed by atoms with Gasteiger partial charge in [0.1, 0.15) is 0 Å². The summed E-state index contributed by atoms with van der Waals surface area (Å²) < 4.78 is 0. The summed E-state index contributed by atoms with van der Waals surface area (Å²) in [4.78, 5) is 83.5. The number of benzene rings is 2. The van der Waals surface area contributed by atoms with Crippen molar-refractivity contribution in [2.75, 3.05) is 26.3 Å². The van der Waals surface area contributed by atoms with E-state index in [1.54, 1.807) is 161 Å². The third kappa shape index (κ3) is 109. The normalized spacial score (nSPS) is 10.2. The molecule has 0 unspecified atom stereocenters. The largest absolute Gasteiger partial charge is 3.00 e. The summed E-state index contributed by atoms with van der Waals surface area (Å²) in [5.74, 6) is -6.29. The number of carboxylic acid groups (broad SMARTS) is 6. The Labute approximate surface area is 574 Å². The number of carbonyl (C=O) groups excluding carboxylic acids is 6. The molecule has 0 aromatic heterocycles. The summed E-state index contributed by atoms with van der Waals surface area (Å²) in [6, 6.07) is 12.9. The molecule has 0 heterocycles. The van der Waals surface area contributed by atoms with Crippen molar-refractivity contribution in [2.24, 2.45) is 42.5 Å². The van der Waals surface area contributed by atoms with Crippen molar-refractivity contribution in [3.63, 3.8) is 0 Å². The van der Waals surface area contributed by atoms with Gasteiger partial charge >= 0.3 is 101 Å². The average Bonchev–Trinajstić information content (AvgIpc) is 3.24. The molecule has 88 heavy (non-hydrogen) atoms. The molecule has 0 spiro atoms. The second kappa shape index (κ2) is 68.2. The molecule has 10 N–H and O–H groups in total. The molecule has 32 nitrogen and oxygen atoms in total. The monoisotopic (exact) mass is 1540 g/mol. The Balaban J connectivity index is -0.0000000391. The second-order valence-electron chi connectivity index (χ2n) is 21.3. The molecule has 0 bridgehead atoms. The van der Waals surface area contributed by atoms with Crippen molar-refractivity contribution in [1.29, 1.82) is 0 Å². The van der Waals surface area contributed by atoms with Crippen molar-refractivity contribution < 1.29 is 223 Å². The van der Waals surface area contributed by atoms with Gasteiger partial charge < -0.3 is 143 Å². The van der Waals surface area contributed by atoms with Crippen molar-refractivity contribution in [2.45, 2.75) is 137 Å². The first-order chi connectivity index (χ1) is 34.6. The molecule has 0 saturated heterocycles. The predicted octanol–water partition coefficient (Wildman–Crippen LogP) is -6.20. The van der Waals surface area contributed by atoms with E-state index in [-0.39, 0.29) is 147 Å². The van der Waals surface area contributed by atoms with Gasteiger partial charge in [-0.05, 0) is 11.1 Å². The van der Waals surface area contributed by atoms with Gasteiger partial charge in [0.2, 0.25) is 0 Å². The number of carbonyl (C=O) groups is 6. The van der Waals surface area contributed by atoms with E-state index in [1.807, 2.05) is 0 Å². The van der Waals surface area contributed by atoms with Crippen LogP contribution in [0.5, 0.6) is 11.5 Å². The first kappa shape index (κ1) is 132. The number of nitrogens with zero attached hydrogens (tertiary/aromatic N) is 4. The number of aliphatic carboxylic acids is 6. The molecule has 2 rings (SSSR count). The molecular formula is C50H84Co6N4O28+2. The van der Waals surface area contributed by atoms with E-state index >= 15 is 0 Å². The first-order valence-corrected chi connectivity index (χ1v) is 22.6. The van der Waals surface area contributed by atoms with Gasteiger partial charge in [0.15, 0.2) is 0 Å². The van der Waals surface area contributed by atoms with Crippen LogP contribution >= 0.6 is 0 Å². The predicted molar refractivity (Wildman–Crippen MR) is 280 cm³/mol. The van der Waals surface area contributed by atoms with Crippen LogP contribution in [-0.2, 0) is 140 Å². The number of hydrogen-bond donors (Lipinski definition) is 2. The molecule has 0 aliphatic heterocycles. The molecule has 2 atom stereocenters. The molecule has 38 heteroatoms. The molecule has 0 aliphatic carbocycles. The summed E-state index contributed by atoms with van der Waals surface area (Å²) in [6.07, 6.45) is 0.515. The van der Waals surface area contributed by atoms with Gasteiger partial charge in [-0.15, -0.1) is 11.5 Å². The number of carboxylic acids is 6. The molecule has 0 fully saturated rings. The van der Waals surface area contributed by atoms with Crippen LogP contribution in [0.3, 0.4) is 0 Å². The van der Waals surface area contributed by atoms with Crippen molar-refractivity contribution in [1.82, 2.24) is 0 Å². The number of aliphatic imine (C=N–C) groups is 2. The summed E-state index contributed by atoms with van der Waals surface area (Å²) in [6.45, 7) is 27.9. The van der Waals surface area contributed by atoms with Crippen molar-refractivity contribution in [3.05, 3.63) is 90.3 Å². The van der Waals surface area contributed by atoms with Gasteiger partial charge in [-0.2, -0.15) is 0 Å². The summed E-state index contributed by atoms with van der Waals surface area (Å²) in [7, 11) is 0. The van der Waals surface area contributed by atoms with Gasteiger partial charge in [0.25, 0.3) is 0 Å². The Morgan fingerprint density at radius 1 is 0.420 bits per heavy atom. The minimum absolute atomic E-state index is 0. The Kier molecular flexibility index (Phi) is 103. The van der Waals surface area contributed by atoms with Crippen LogP contribution in [0.2, 0.25) is 0 Å². The quantitative estimate of drug-likeness (QED) is 0.107. The van der Waals surface area contributed by atoms with Gasteiger partial charge in [-0.1, -0.05) is 185 Å². The average molecular weight is 1540 g/mol. The van der Waals surface area contributed by atoms with Gasteiger partial charge in [0.05, 0.1) is 10.2 Å². The Bertz CT molecular complexity index is 1850.